The molecule has 71 valence electrons. The summed E-state index contributed by atoms with van der Waals surface area (Å²) in [6.07, 6.45) is 0. The van der Waals surface area contributed by atoms with Gasteiger partial charge in [-0.1, -0.05) is 20.8 Å². The van der Waals surface area contributed by atoms with Gasteiger partial charge in [0.15, 0.2) is 14.1 Å². The number of hydrogen-bond acceptors (Lipinski definition) is 2. The lowest BCUT2D eigenvalue weighted by molar-refractivity contribution is -0.117. The zero-order valence-electron chi connectivity index (χ0n) is 8.35. The van der Waals surface area contributed by atoms with Crippen LogP contribution in [0.2, 0.25) is 18.1 Å². The van der Waals surface area contributed by atoms with Crippen molar-refractivity contribution in [2.24, 2.45) is 0 Å². The molecule has 0 aromatic carbocycles. The van der Waals surface area contributed by atoms with Crippen LogP contribution < -0.4 is 0 Å². The van der Waals surface area contributed by atoms with Crippen molar-refractivity contribution in [3.63, 3.8) is 0 Å². The van der Waals surface area contributed by atoms with Crippen LogP contribution in [0.3, 0.4) is 0 Å². The molecule has 0 saturated carbocycles. The molecule has 0 unspecified atom stereocenters. The molecule has 0 aromatic heterocycles. The second-order valence-corrected chi connectivity index (χ2v) is 7.85. The standard InChI is InChI=1S/C9H19O2Si/c1-5-12(6-2,7-3)11-8-9(4)10/h4-8H2,1-3H3. The third-order valence-electron chi connectivity index (χ3n) is 2.47. The molecule has 0 spiro atoms. The molecule has 0 aliphatic heterocycles. The molecule has 0 N–H and O–H groups in total. The first kappa shape index (κ1) is 11.8. The van der Waals surface area contributed by atoms with E-state index in [0.29, 0.717) is 0 Å². The third kappa shape index (κ3) is 3.50. The number of rotatable bonds is 6. The number of carbonyl (C=O) groups is 1. The maximum Gasteiger partial charge on any atom is 0.192 e. The number of ketones is 1. The van der Waals surface area contributed by atoms with Gasteiger partial charge in [0.05, 0.1) is 6.61 Å². The smallest absolute Gasteiger partial charge is 0.192 e. The van der Waals surface area contributed by atoms with Gasteiger partial charge < -0.3 is 4.43 Å². The quantitative estimate of drug-likeness (QED) is 0.597. The first-order valence-corrected chi connectivity index (χ1v) is 7.12. The Balaban J connectivity index is 4.01. The Morgan fingerprint density at radius 3 is 1.92 bits per heavy atom. The lowest BCUT2D eigenvalue weighted by atomic mass is 10.5. The zero-order valence-corrected chi connectivity index (χ0v) is 9.35. The van der Waals surface area contributed by atoms with Crippen LogP contribution in [0.1, 0.15) is 20.8 Å². The van der Waals surface area contributed by atoms with E-state index in [2.05, 4.69) is 27.7 Å². The summed E-state index contributed by atoms with van der Waals surface area (Å²) in [5.41, 5.74) is 0. The highest BCUT2D eigenvalue weighted by Crippen LogP contribution is 2.21. The van der Waals surface area contributed by atoms with Crippen molar-refractivity contribution < 1.29 is 9.22 Å². The van der Waals surface area contributed by atoms with Crippen molar-refractivity contribution in [1.29, 1.82) is 0 Å². The average molecular weight is 187 g/mol. The molecule has 0 rings (SSSR count). The topological polar surface area (TPSA) is 26.3 Å². The van der Waals surface area contributed by atoms with E-state index >= 15 is 0 Å². The fraction of sp³-hybridized carbons (Fsp3) is 0.778. The molecule has 3 heteroatoms. The molecule has 0 aliphatic carbocycles. The lowest BCUT2D eigenvalue weighted by Crippen LogP contribution is -2.37. The molecule has 0 aliphatic rings. The molecule has 12 heavy (non-hydrogen) atoms. The van der Waals surface area contributed by atoms with Crippen LogP contribution in [0, 0.1) is 6.92 Å². The lowest BCUT2D eigenvalue weighted by Gasteiger charge is -2.27. The van der Waals surface area contributed by atoms with Gasteiger partial charge in [-0.15, -0.1) is 0 Å². The summed E-state index contributed by atoms with van der Waals surface area (Å²) >= 11 is 0. The van der Waals surface area contributed by atoms with Gasteiger partial charge in [0.1, 0.15) is 0 Å². The van der Waals surface area contributed by atoms with Gasteiger partial charge in [0, 0.05) is 6.92 Å². The summed E-state index contributed by atoms with van der Waals surface area (Å²) in [7, 11) is -1.54. The molecule has 0 heterocycles. The second-order valence-electron chi connectivity index (χ2n) is 3.07. The van der Waals surface area contributed by atoms with Gasteiger partial charge >= 0.3 is 0 Å². The van der Waals surface area contributed by atoms with E-state index in [1.807, 2.05) is 0 Å². The average Bonchev–Trinajstić information content (AvgIpc) is 2.08. The Hall–Kier alpha value is -0.153. The van der Waals surface area contributed by atoms with Gasteiger partial charge in [0.2, 0.25) is 0 Å². The first-order chi connectivity index (χ1) is 5.60. The van der Waals surface area contributed by atoms with Crippen molar-refractivity contribution in [1.82, 2.24) is 0 Å². The van der Waals surface area contributed by atoms with Crippen LogP contribution in [-0.4, -0.2) is 20.7 Å². The zero-order chi connectivity index (χ0) is 9.61. The summed E-state index contributed by atoms with van der Waals surface area (Å²) < 4.78 is 5.67. The highest BCUT2D eigenvalue weighted by atomic mass is 28.4. The molecule has 0 amide bonds. The van der Waals surface area contributed by atoms with Crippen LogP contribution in [-0.2, 0) is 9.22 Å². The molecule has 1 radical (unpaired) electrons. The monoisotopic (exact) mass is 187 g/mol. The molecule has 0 bridgehead atoms. The van der Waals surface area contributed by atoms with Gasteiger partial charge in [-0.25, -0.2) is 0 Å². The first-order valence-electron chi connectivity index (χ1n) is 4.59. The number of Topliss-reactive ketones (excluding diaryl/α,β-unsaturated/α-hetero) is 1. The van der Waals surface area contributed by atoms with Crippen LogP contribution in [0.4, 0.5) is 0 Å². The largest absolute Gasteiger partial charge is 0.410 e. The second kappa shape index (κ2) is 5.49. The Labute approximate surface area is 76.4 Å². The predicted octanol–water partition coefficient (Wildman–Crippen LogP) is 2.41. The van der Waals surface area contributed by atoms with Gasteiger partial charge in [-0.2, -0.15) is 0 Å². The van der Waals surface area contributed by atoms with Gasteiger partial charge in [0.25, 0.3) is 0 Å². The minimum absolute atomic E-state index is 0.109. The fourth-order valence-electron chi connectivity index (χ4n) is 1.29. The van der Waals surface area contributed by atoms with Crippen molar-refractivity contribution >= 4 is 14.1 Å². The highest BCUT2D eigenvalue weighted by molar-refractivity contribution is 6.73. The van der Waals surface area contributed by atoms with E-state index in [1.54, 1.807) is 0 Å². The van der Waals surface area contributed by atoms with Crippen LogP contribution in [0.15, 0.2) is 0 Å². The van der Waals surface area contributed by atoms with E-state index < -0.39 is 8.32 Å². The summed E-state index contributed by atoms with van der Waals surface area (Å²) in [6, 6.07) is 3.27. The predicted molar refractivity (Wildman–Crippen MR) is 53.5 cm³/mol. The molecule has 2 nitrogen and oxygen atoms in total. The summed E-state index contributed by atoms with van der Waals surface area (Å²) in [4.78, 5) is 10.6. The molecule has 0 fully saturated rings. The minimum Gasteiger partial charge on any atom is -0.410 e. The summed E-state index contributed by atoms with van der Waals surface area (Å²) in [5.74, 6) is -0.109. The Morgan fingerprint density at radius 2 is 1.67 bits per heavy atom. The van der Waals surface area contributed by atoms with E-state index in [9.17, 15) is 4.79 Å². The van der Waals surface area contributed by atoms with Gasteiger partial charge in [-0.05, 0) is 18.1 Å². The van der Waals surface area contributed by atoms with E-state index in [-0.39, 0.29) is 12.4 Å². The Morgan fingerprint density at radius 1 is 1.25 bits per heavy atom. The maximum atomic E-state index is 10.6. The molecule has 0 atom stereocenters. The van der Waals surface area contributed by atoms with Crippen LogP contribution >= 0.6 is 0 Å². The van der Waals surface area contributed by atoms with Crippen molar-refractivity contribution in [3.05, 3.63) is 6.92 Å². The van der Waals surface area contributed by atoms with E-state index in [1.165, 1.54) is 0 Å². The normalized spacial score (nSPS) is 11.7. The third-order valence-corrected chi connectivity index (χ3v) is 7.10. The van der Waals surface area contributed by atoms with E-state index in [0.717, 1.165) is 18.1 Å². The fourth-order valence-corrected chi connectivity index (χ4v) is 3.87. The Kier molecular flexibility index (Phi) is 5.42. The minimum atomic E-state index is -1.54. The summed E-state index contributed by atoms with van der Waals surface area (Å²) in [6.45, 7) is 9.95. The molecular weight excluding hydrogens is 168 g/mol. The van der Waals surface area contributed by atoms with Crippen molar-refractivity contribution in [2.75, 3.05) is 6.61 Å². The Bertz CT molecular complexity index is 133. The van der Waals surface area contributed by atoms with Gasteiger partial charge in [-0.3, -0.25) is 4.79 Å². The number of hydrogen-bond donors (Lipinski definition) is 0. The van der Waals surface area contributed by atoms with Crippen LogP contribution in [0.25, 0.3) is 0 Å². The van der Waals surface area contributed by atoms with E-state index in [4.69, 9.17) is 4.43 Å². The molecular formula is C9H19O2Si. The van der Waals surface area contributed by atoms with Crippen molar-refractivity contribution in [3.8, 4) is 0 Å². The molecule has 0 saturated heterocycles. The summed E-state index contributed by atoms with van der Waals surface area (Å²) in [5, 5.41) is 0. The highest BCUT2D eigenvalue weighted by Gasteiger charge is 2.28. The maximum absolute atomic E-state index is 10.6. The molecule has 0 aromatic rings. The van der Waals surface area contributed by atoms with Crippen molar-refractivity contribution in [2.45, 2.75) is 38.9 Å². The van der Waals surface area contributed by atoms with Crippen LogP contribution in [0.5, 0.6) is 0 Å². The SMILES string of the molecule is [CH2]C(=O)CO[Si](CC)(CC)CC. The number of carbonyl (C=O) groups excluding carboxylic acids is 1.